The zero-order valence-corrected chi connectivity index (χ0v) is 15.3. The van der Waals surface area contributed by atoms with Gasteiger partial charge in [-0.2, -0.15) is 4.31 Å². The van der Waals surface area contributed by atoms with Crippen LogP contribution in [0.5, 0.6) is 17.2 Å². The number of phenols is 1. The number of aromatic hydroxyl groups is 1. The molecule has 0 saturated carbocycles. The molecule has 0 aliphatic carbocycles. The molecule has 0 unspecified atom stereocenters. The Morgan fingerprint density at radius 2 is 1.74 bits per heavy atom. The van der Waals surface area contributed by atoms with Crippen LogP contribution in [0.4, 0.5) is 4.39 Å². The fraction of sp³-hybridized carbons (Fsp3) is 0.333. The molecule has 2 aromatic carbocycles. The Balaban J connectivity index is 1.42. The van der Waals surface area contributed by atoms with Crippen LogP contribution in [0.2, 0.25) is 0 Å². The summed E-state index contributed by atoms with van der Waals surface area (Å²) in [6.45, 7) is 2.20. The van der Waals surface area contributed by atoms with Crippen molar-refractivity contribution < 1.29 is 27.4 Å². The van der Waals surface area contributed by atoms with Crippen molar-refractivity contribution >= 4 is 10.0 Å². The Labute approximate surface area is 156 Å². The monoisotopic (exact) mass is 394 g/mol. The molecule has 0 aromatic heterocycles. The van der Waals surface area contributed by atoms with Crippen molar-refractivity contribution in [2.75, 3.05) is 33.0 Å². The zero-order valence-electron chi connectivity index (χ0n) is 14.5. The number of piperazine rings is 1. The highest BCUT2D eigenvalue weighted by molar-refractivity contribution is 7.89. The van der Waals surface area contributed by atoms with Crippen molar-refractivity contribution in [1.82, 2.24) is 9.21 Å². The first-order valence-electron chi connectivity index (χ1n) is 8.53. The lowest BCUT2D eigenvalue weighted by Crippen LogP contribution is -2.48. The van der Waals surface area contributed by atoms with Crippen LogP contribution in [0.1, 0.15) is 5.56 Å². The van der Waals surface area contributed by atoms with Crippen LogP contribution in [0, 0.1) is 5.82 Å². The smallest absolute Gasteiger partial charge is 0.243 e. The lowest BCUT2D eigenvalue weighted by atomic mass is 10.1. The van der Waals surface area contributed by atoms with Gasteiger partial charge in [-0.15, -0.1) is 0 Å². The maximum absolute atomic E-state index is 13.4. The van der Waals surface area contributed by atoms with Gasteiger partial charge in [-0.25, -0.2) is 12.8 Å². The molecule has 1 saturated heterocycles. The number of fused-ring (bicyclic) bond motifs is 1. The molecular weight excluding hydrogens is 375 g/mol. The van der Waals surface area contributed by atoms with Gasteiger partial charge in [0.2, 0.25) is 16.8 Å². The number of hydrogen-bond donors (Lipinski definition) is 1. The lowest BCUT2D eigenvalue weighted by molar-refractivity contribution is 0.173. The number of nitrogens with zero attached hydrogens (tertiary/aromatic N) is 2. The van der Waals surface area contributed by atoms with E-state index in [-0.39, 0.29) is 17.4 Å². The molecule has 0 atom stereocenters. The summed E-state index contributed by atoms with van der Waals surface area (Å²) in [6, 6.07) is 8.31. The molecule has 27 heavy (non-hydrogen) atoms. The fourth-order valence-electron chi connectivity index (χ4n) is 3.25. The molecule has 2 aliphatic heterocycles. The maximum atomic E-state index is 13.4. The molecule has 144 valence electrons. The van der Waals surface area contributed by atoms with E-state index in [9.17, 15) is 17.9 Å². The van der Waals surface area contributed by atoms with Crippen molar-refractivity contribution in [3.63, 3.8) is 0 Å². The Bertz CT molecular complexity index is 958. The highest BCUT2D eigenvalue weighted by Crippen LogP contribution is 2.38. The van der Waals surface area contributed by atoms with Gasteiger partial charge in [0.15, 0.2) is 11.5 Å². The Morgan fingerprint density at radius 1 is 1.04 bits per heavy atom. The van der Waals surface area contributed by atoms with Gasteiger partial charge in [-0.05, 0) is 24.3 Å². The SMILES string of the molecule is O=S(=O)(c1cccc(F)c1)N1CCN(Cc2cc3c(cc2O)OCO3)CC1. The average Bonchev–Trinajstić information content (AvgIpc) is 3.09. The van der Waals surface area contributed by atoms with Gasteiger partial charge in [0, 0.05) is 44.4 Å². The van der Waals surface area contributed by atoms with E-state index in [1.807, 2.05) is 0 Å². The molecule has 0 amide bonds. The summed E-state index contributed by atoms with van der Waals surface area (Å²) in [6.07, 6.45) is 0. The van der Waals surface area contributed by atoms with Crippen LogP contribution < -0.4 is 9.47 Å². The summed E-state index contributed by atoms with van der Waals surface area (Å²) >= 11 is 0. The van der Waals surface area contributed by atoms with E-state index in [0.29, 0.717) is 49.8 Å². The van der Waals surface area contributed by atoms with Gasteiger partial charge in [0.1, 0.15) is 11.6 Å². The molecule has 0 bridgehead atoms. The van der Waals surface area contributed by atoms with E-state index in [0.717, 1.165) is 6.07 Å². The topological polar surface area (TPSA) is 79.3 Å². The summed E-state index contributed by atoms with van der Waals surface area (Å²) in [4.78, 5) is 2.01. The van der Waals surface area contributed by atoms with E-state index in [4.69, 9.17) is 9.47 Å². The van der Waals surface area contributed by atoms with Crippen LogP contribution in [0.15, 0.2) is 41.3 Å². The highest BCUT2D eigenvalue weighted by atomic mass is 32.2. The minimum atomic E-state index is -3.72. The number of hydrogen-bond acceptors (Lipinski definition) is 6. The second-order valence-electron chi connectivity index (χ2n) is 6.47. The quantitative estimate of drug-likeness (QED) is 0.852. The van der Waals surface area contributed by atoms with Gasteiger partial charge in [-0.3, -0.25) is 4.90 Å². The molecular formula is C18H19FN2O5S. The number of rotatable bonds is 4. The molecule has 2 aliphatic rings. The summed E-state index contributed by atoms with van der Waals surface area (Å²) in [5.74, 6) is 0.652. The van der Waals surface area contributed by atoms with E-state index in [1.54, 1.807) is 6.07 Å². The third kappa shape index (κ3) is 3.58. The summed E-state index contributed by atoms with van der Waals surface area (Å²) < 4.78 is 50.6. The zero-order chi connectivity index (χ0) is 19.0. The number of halogens is 1. The Hall–Kier alpha value is -2.36. The van der Waals surface area contributed by atoms with Gasteiger partial charge < -0.3 is 14.6 Å². The van der Waals surface area contributed by atoms with Crippen molar-refractivity contribution in [3.05, 3.63) is 47.8 Å². The molecule has 7 nitrogen and oxygen atoms in total. The molecule has 4 rings (SSSR count). The van der Waals surface area contributed by atoms with Crippen molar-refractivity contribution in [2.24, 2.45) is 0 Å². The molecule has 0 radical (unpaired) electrons. The molecule has 1 fully saturated rings. The standard InChI is InChI=1S/C18H19FN2O5S/c19-14-2-1-3-15(9-14)27(23,24)21-6-4-20(5-7-21)11-13-8-17-18(10-16(13)22)26-12-25-17/h1-3,8-10,22H,4-7,11-12H2. The molecule has 0 spiro atoms. The van der Waals surface area contributed by atoms with Gasteiger partial charge in [0.05, 0.1) is 4.90 Å². The average molecular weight is 394 g/mol. The Kier molecular flexibility index (Phi) is 4.67. The van der Waals surface area contributed by atoms with Crippen LogP contribution in [-0.2, 0) is 16.6 Å². The molecule has 9 heteroatoms. The first-order valence-corrected chi connectivity index (χ1v) is 9.97. The molecule has 1 N–H and O–H groups in total. The van der Waals surface area contributed by atoms with Crippen LogP contribution in [0.3, 0.4) is 0 Å². The van der Waals surface area contributed by atoms with Gasteiger partial charge in [-0.1, -0.05) is 6.07 Å². The van der Waals surface area contributed by atoms with E-state index < -0.39 is 15.8 Å². The maximum Gasteiger partial charge on any atom is 0.243 e. The number of ether oxygens (including phenoxy) is 2. The molecule has 2 heterocycles. The van der Waals surface area contributed by atoms with Crippen LogP contribution in [-0.4, -0.2) is 55.7 Å². The first-order chi connectivity index (χ1) is 12.9. The first kappa shape index (κ1) is 18.0. The summed E-state index contributed by atoms with van der Waals surface area (Å²) in [5, 5.41) is 10.2. The summed E-state index contributed by atoms with van der Waals surface area (Å²) in [5.41, 5.74) is 0.695. The van der Waals surface area contributed by atoms with Crippen LogP contribution >= 0.6 is 0 Å². The predicted octanol–water partition coefficient (Wildman–Crippen LogP) is 1.77. The largest absolute Gasteiger partial charge is 0.507 e. The molecule has 2 aromatic rings. The number of sulfonamides is 1. The minimum absolute atomic E-state index is 0.0376. The van der Waals surface area contributed by atoms with Crippen molar-refractivity contribution in [2.45, 2.75) is 11.4 Å². The normalized spacial score (nSPS) is 18.0. The Morgan fingerprint density at radius 3 is 2.44 bits per heavy atom. The predicted molar refractivity (Wildman–Crippen MR) is 94.7 cm³/mol. The van der Waals surface area contributed by atoms with Crippen molar-refractivity contribution in [1.29, 1.82) is 0 Å². The van der Waals surface area contributed by atoms with Gasteiger partial charge >= 0.3 is 0 Å². The third-order valence-corrected chi connectivity index (χ3v) is 6.63. The van der Waals surface area contributed by atoms with Crippen LogP contribution in [0.25, 0.3) is 0 Å². The fourth-order valence-corrected chi connectivity index (χ4v) is 4.70. The number of phenolic OH excluding ortho intramolecular Hbond substituents is 1. The highest BCUT2D eigenvalue weighted by Gasteiger charge is 2.29. The van der Waals surface area contributed by atoms with E-state index in [2.05, 4.69) is 4.90 Å². The van der Waals surface area contributed by atoms with Gasteiger partial charge in [0.25, 0.3) is 0 Å². The minimum Gasteiger partial charge on any atom is -0.507 e. The third-order valence-electron chi connectivity index (χ3n) is 4.73. The van der Waals surface area contributed by atoms with E-state index in [1.165, 1.54) is 28.6 Å². The van der Waals surface area contributed by atoms with E-state index >= 15 is 0 Å². The second kappa shape index (κ2) is 6.99. The van der Waals surface area contributed by atoms with Crippen molar-refractivity contribution in [3.8, 4) is 17.2 Å². The lowest BCUT2D eigenvalue weighted by Gasteiger charge is -2.34. The number of benzene rings is 2. The second-order valence-corrected chi connectivity index (χ2v) is 8.41. The summed E-state index contributed by atoms with van der Waals surface area (Å²) in [7, 11) is -3.72.